The molecule has 1 aliphatic rings. The van der Waals surface area contributed by atoms with E-state index in [1.165, 1.54) is 6.08 Å². The van der Waals surface area contributed by atoms with Gasteiger partial charge in [-0.1, -0.05) is 32.0 Å². The highest BCUT2D eigenvalue weighted by atomic mass is 16.5. The van der Waals surface area contributed by atoms with Crippen molar-refractivity contribution in [2.75, 3.05) is 18.1 Å². The van der Waals surface area contributed by atoms with Crippen LogP contribution < -0.4 is 19.7 Å². The third-order valence-electron chi connectivity index (χ3n) is 4.35. The van der Waals surface area contributed by atoms with Crippen molar-refractivity contribution in [3.8, 4) is 11.5 Å². The van der Waals surface area contributed by atoms with Gasteiger partial charge in [0.2, 0.25) is 0 Å². The van der Waals surface area contributed by atoms with Crippen molar-refractivity contribution in [2.24, 2.45) is 0 Å². The van der Waals surface area contributed by atoms with Gasteiger partial charge in [0.15, 0.2) is 0 Å². The standard InChI is InChI=1S/C23H24N2O5/c1-3-13-29-18-11-9-17(10-12-18)25-22(27)19(21(26)24-23(25)28)15-16-7-5-6-8-20(16)30-14-4-2/h5-12,15H,3-4,13-14H2,1-2H3,(H,24,26,28)/b19-15-. The fraction of sp³-hybridized carbons (Fsp3) is 0.261. The van der Waals surface area contributed by atoms with Crippen LogP contribution in [0.5, 0.6) is 11.5 Å². The lowest BCUT2D eigenvalue weighted by Gasteiger charge is -2.26. The first kappa shape index (κ1) is 21.1. The van der Waals surface area contributed by atoms with Crippen molar-refractivity contribution in [3.05, 3.63) is 59.7 Å². The molecule has 30 heavy (non-hydrogen) atoms. The Kier molecular flexibility index (Phi) is 6.85. The maximum absolute atomic E-state index is 13.0. The molecule has 1 N–H and O–H groups in total. The molecule has 2 aromatic rings. The number of para-hydroxylation sites is 1. The van der Waals surface area contributed by atoms with Gasteiger partial charge < -0.3 is 9.47 Å². The number of nitrogens with zero attached hydrogens (tertiary/aromatic N) is 1. The summed E-state index contributed by atoms with van der Waals surface area (Å²) < 4.78 is 11.2. The van der Waals surface area contributed by atoms with E-state index in [2.05, 4.69) is 5.32 Å². The Morgan fingerprint density at radius 1 is 0.900 bits per heavy atom. The van der Waals surface area contributed by atoms with E-state index >= 15 is 0 Å². The second-order valence-electron chi connectivity index (χ2n) is 6.69. The molecule has 0 aromatic heterocycles. The quantitative estimate of drug-likeness (QED) is 0.528. The average molecular weight is 408 g/mol. The number of ether oxygens (including phenoxy) is 2. The van der Waals surface area contributed by atoms with Crippen molar-refractivity contribution in [1.29, 1.82) is 0 Å². The van der Waals surface area contributed by atoms with Gasteiger partial charge in [0.05, 0.1) is 18.9 Å². The van der Waals surface area contributed by atoms with Gasteiger partial charge in [-0.3, -0.25) is 14.9 Å². The van der Waals surface area contributed by atoms with Crippen molar-refractivity contribution >= 4 is 29.6 Å². The number of imide groups is 2. The molecule has 1 saturated heterocycles. The maximum Gasteiger partial charge on any atom is 0.335 e. The molecule has 0 bridgehead atoms. The summed E-state index contributed by atoms with van der Waals surface area (Å²) >= 11 is 0. The van der Waals surface area contributed by atoms with Gasteiger partial charge >= 0.3 is 6.03 Å². The first-order valence-corrected chi connectivity index (χ1v) is 9.91. The number of benzene rings is 2. The van der Waals surface area contributed by atoms with Gasteiger partial charge in [-0.15, -0.1) is 0 Å². The second kappa shape index (κ2) is 9.73. The number of barbiturate groups is 1. The van der Waals surface area contributed by atoms with E-state index in [0.717, 1.165) is 17.7 Å². The zero-order chi connectivity index (χ0) is 21.5. The number of nitrogens with one attached hydrogen (secondary N) is 1. The Morgan fingerprint density at radius 2 is 1.57 bits per heavy atom. The molecule has 0 aliphatic carbocycles. The minimum Gasteiger partial charge on any atom is -0.494 e. The lowest BCUT2D eigenvalue weighted by Crippen LogP contribution is -2.54. The fourth-order valence-electron chi connectivity index (χ4n) is 2.90. The van der Waals surface area contributed by atoms with Crippen LogP contribution in [0.1, 0.15) is 32.3 Å². The Morgan fingerprint density at radius 3 is 2.27 bits per heavy atom. The molecule has 7 heteroatoms. The molecular weight excluding hydrogens is 384 g/mol. The minimum atomic E-state index is -0.792. The number of amides is 4. The summed E-state index contributed by atoms with van der Waals surface area (Å²) in [5.74, 6) is -0.238. The Hall–Kier alpha value is -3.61. The number of urea groups is 1. The minimum absolute atomic E-state index is 0.145. The van der Waals surface area contributed by atoms with Gasteiger partial charge in [-0.05, 0) is 49.2 Å². The number of carbonyl (C=O) groups excluding carboxylic acids is 3. The number of carbonyl (C=O) groups is 3. The van der Waals surface area contributed by atoms with Crippen LogP contribution in [0.3, 0.4) is 0 Å². The third kappa shape index (κ3) is 4.68. The first-order chi connectivity index (χ1) is 14.5. The Balaban J connectivity index is 1.90. The second-order valence-corrected chi connectivity index (χ2v) is 6.69. The third-order valence-corrected chi connectivity index (χ3v) is 4.35. The zero-order valence-corrected chi connectivity index (χ0v) is 17.0. The molecule has 2 aromatic carbocycles. The van der Waals surface area contributed by atoms with Crippen molar-refractivity contribution in [2.45, 2.75) is 26.7 Å². The number of rotatable bonds is 8. The van der Waals surface area contributed by atoms with Gasteiger partial charge in [0, 0.05) is 5.56 Å². The zero-order valence-electron chi connectivity index (χ0n) is 17.0. The average Bonchev–Trinajstić information content (AvgIpc) is 2.75. The van der Waals surface area contributed by atoms with Crippen LogP contribution >= 0.6 is 0 Å². The molecule has 0 saturated carbocycles. The molecule has 1 heterocycles. The topological polar surface area (TPSA) is 84.9 Å². The monoisotopic (exact) mass is 408 g/mol. The van der Waals surface area contributed by atoms with Gasteiger partial charge in [0.1, 0.15) is 17.1 Å². The normalized spacial score (nSPS) is 15.3. The van der Waals surface area contributed by atoms with Crippen LogP contribution in [0.2, 0.25) is 0 Å². The van der Waals surface area contributed by atoms with Crippen LogP contribution in [-0.4, -0.2) is 31.1 Å². The van der Waals surface area contributed by atoms with Crippen LogP contribution in [-0.2, 0) is 9.59 Å². The summed E-state index contributed by atoms with van der Waals surface area (Å²) in [6, 6.07) is 12.9. The Labute approximate surface area is 175 Å². The largest absolute Gasteiger partial charge is 0.494 e. The van der Waals surface area contributed by atoms with Gasteiger partial charge in [0.25, 0.3) is 11.8 Å². The number of anilines is 1. The van der Waals surface area contributed by atoms with E-state index < -0.39 is 17.8 Å². The van der Waals surface area contributed by atoms with E-state index in [4.69, 9.17) is 9.47 Å². The SMILES string of the molecule is CCCOc1ccc(N2C(=O)NC(=O)/C(=C/c3ccccc3OCCC)C2=O)cc1. The molecule has 156 valence electrons. The molecule has 0 spiro atoms. The van der Waals surface area contributed by atoms with E-state index in [0.29, 0.717) is 36.0 Å². The van der Waals surface area contributed by atoms with Crippen LogP contribution in [0.4, 0.5) is 10.5 Å². The molecule has 1 aliphatic heterocycles. The summed E-state index contributed by atoms with van der Waals surface area (Å²) in [5.41, 5.74) is 0.783. The van der Waals surface area contributed by atoms with E-state index in [1.54, 1.807) is 42.5 Å². The summed E-state index contributed by atoms with van der Waals surface area (Å²) in [6.07, 6.45) is 3.14. The highest BCUT2D eigenvalue weighted by Gasteiger charge is 2.37. The molecule has 1 fully saturated rings. The van der Waals surface area contributed by atoms with E-state index in [9.17, 15) is 14.4 Å². The highest BCUT2D eigenvalue weighted by molar-refractivity contribution is 6.39. The molecule has 0 radical (unpaired) electrons. The highest BCUT2D eigenvalue weighted by Crippen LogP contribution is 2.26. The molecule has 3 rings (SSSR count). The summed E-state index contributed by atoms with van der Waals surface area (Å²) in [6.45, 7) is 5.07. The number of hydrogen-bond donors (Lipinski definition) is 1. The van der Waals surface area contributed by atoms with Crippen LogP contribution in [0.25, 0.3) is 6.08 Å². The van der Waals surface area contributed by atoms with Gasteiger partial charge in [-0.2, -0.15) is 0 Å². The van der Waals surface area contributed by atoms with Crippen molar-refractivity contribution in [1.82, 2.24) is 5.32 Å². The molecular formula is C23H24N2O5. The molecule has 7 nitrogen and oxygen atoms in total. The van der Waals surface area contributed by atoms with Gasteiger partial charge in [-0.25, -0.2) is 9.69 Å². The van der Waals surface area contributed by atoms with Crippen molar-refractivity contribution < 1.29 is 23.9 Å². The fourth-order valence-corrected chi connectivity index (χ4v) is 2.90. The van der Waals surface area contributed by atoms with E-state index in [1.807, 2.05) is 19.9 Å². The smallest absolute Gasteiger partial charge is 0.335 e. The van der Waals surface area contributed by atoms with Crippen LogP contribution in [0, 0.1) is 0 Å². The maximum atomic E-state index is 13.0. The number of hydrogen-bond acceptors (Lipinski definition) is 5. The predicted octanol–water partition coefficient (Wildman–Crippen LogP) is 3.93. The lowest BCUT2D eigenvalue weighted by molar-refractivity contribution is -0.122. The lowest BCUT2D eigenvalue weighted by atomic mass is 10.1. The summed E-state index contributed by atoms with van der Waals surface area (Å²) in [5, 5.41) is 2.23. The van der Waals surface area contributed by atoms with Crippen LogP contribution in [0.15, 0.2) is 54.1 Å². The molecule has 0 unspecified atom stereocenters. The summed E-state index contributed by atoms with van der Waals surface area (Å²) in [4.78, 5) is 38.7. The predicted molar refractivity (Wildman–Crippen MR) is 113 cm³/mol. The molecule has 4 amide bonds. The Bertz CT molecular complexity index is 966. The van der Waals surface area contributed by atoms with E-state index in [-0.39, 0.29) is 5.57 Å². The van der Waals surface area contributed by atoms with Crippen molar-refractivity contribution in [3.63, 3.8) is 0 Å². The summed E-state index contributed by atoms with van der Waals surface area (Å²) in [7, 11) is 0. The molecule has 0 atom stereocenters. The first-order valence-electron chi connectivity index (χ1n) is 9.91.